The minimum atomic E-state index is 0.0587. The fourth-order valence-electron chi connectivity index (χ4n) is 1.61. The van der Waals surface area contributed by atoms with Gasteiger partial charge in [0, 0.05) is 20.1 Å². The SMILES string of the molecule is CC(=O)NCCCC/C=C\CCCCCCO. The lowest BCUT2D eigenvalue weighted by Crippen LogP contribution is -2.20. The highest BCUT2D eigenvalue weighted by Crippen LogP contribution is 2.04. The summed E-state index contributed by atoms with van der Waals surface area (Å²) in [5.41, 5.74) is 0. The molecule has 0 unspecified atom stereocenters. The molecule has 0 aromatic rings. The van der Waals surface area contributed by atoms with Crippen molar-refractivity contribution in [3.8, 4) is 0 Å². The van der Waals surface area contributed by atoms with Crippen LogP contribution in [0.1, 0.15) is 58.3 Å². The summed E-state index contributed by atoms with van der Waals surface area (Å²) in [5.74, 6) is 0.0587. The van der Waals surface area contributed by atoms with Crippen molar-refractivity contribution in [3.05, 3.63) is 12.2 Å². The van der Waals surface area contributed by atoms with Crippen molar-refractivity contribution in [2.45, 2.75) is 58.3 Å². The number of rotatable bonds is 11. The van der Waals surface area contributed by atoms with Gasteiger partial charge >= 0.3 is 0 Å². The summed E-state index contributed by atoms with van der Waals surface area (Å²) < 4.78 is 0. The molecule has 0 heterocycles. The number of unbranched alkanes of at least 4 members (excludes halogenated alkanes) is 6. The molecule has 0 aliphatic heterocycles. The molecule has 0 radical (unpaired) electrons. The molecule has 17 heavy (non-hydrogen) atoms. The normalized spacial score (nSPS) is 10.9. The van der Waals surface area contributed by atoms with Crippen LogP contribution in [0.4, 0.5) is 0 Å². The Hall–Kier alpha value is -0.830. The smallest absolute Gasteiger partial charge is 0.216 e. The Morgan fingerprint density at radius 1 is 1.00 bits per heavy atom. The van der Waals surface area contributed by atoms with E-state index in [4.69, 9.17) is 5.11 Å². The van der Waals surface area contributed by atoms with Gasteiger partial charge in [-0.1, -0.05) is 25.0 Å². The predicted octanol–water partition coefficient (Wildman–Crippen LogP) is 2.79. The van der Waals surface area contributed by atoms with Crippen LogP contribution in [0.15, 0.2) is 12.2 Å². The number of hydrogen-bond donors (Lipinski definition) is 2. The quantitative estimate of drug-likeness (QED) is 0.431. The Bertz CT molecular complexity index is 202. The molecule has 0 spiro atoms. The Balaban J connectivity index is 3.07. The average molecular weight is 241 g/mol. The minimum absolute atomic E-state index is 0.0587. The van der Waals surface area contributed by atoms with Crippen LogP contribution in [0.3, 0.4) is 0 Å². The molecular formula is C14H27NO2. The molecular weight excluding hydrogens is 214 g/mol. The largest absolute Gasteiger partial charge is 0.396 e. The molecule has 3 nitrogen and oxygen atoms in total. The molecule has 0 aromatic heterocycles. The summed E-state index contributed by atoms with van der Waals surface area (Å²) in [6.07, 6.45) is 13.5. The molecule has 100 valence electrons. The fourth-order valence-corrected chi connectivity index (χ4v) is 1.61. The van der Waals surface area contributed by atoms with Gasteiger partial charge in [-0.3, -0.25) is 4.79 Å². The Kier molecular flexibility index (Phi) is 12.6. The maximum atomic E-state index is 10.6. The summed E-state index contributed by atoms with van der Waals surface area (Å²) >= 11 is 0. The molecule has 0 saturated carbocycles. The van der Waals surface area contributed by atoms with Crippen molar-refractivity contribution in [1.82, 2.24) is 5.32 Å². The van der Waals surface area contributed by atoms with Gasteiger partial charge in [-0.25, -0.2) is 0 Å². The highest BCUT2D eigenvalue weighted by molar-refractivity contribution is 5.72. The first-order valence-corrected chi connectivity index (χ1v) is 6.77. The van der Waals surface area contributed by atoms with Gasteiger partial charge in [0.1, 0.15) is 0 Å². The number of carbonyl (C=O) groups excluding carboxylic acids is 1. The van der Waals surface area contributed by atoms with Crippen LogP contribution in [0.25, 0.3) is 0 Å². The topological polar surface area (TPSA) is 49.3 Å². The predicted molar refractivity (Wildman–Crippen MR) is 71.8 cm³/mol. The fraction of sp³-hybridized carbons (Fsp3) is 0.786. The van der Waals surface area contributed by atoms with Crippen molar-refractivity contribution in [2.75, 3.05) is 13.2 Å². The van der Waals surface area contributed by atoms with Crippen LogP contribution >= 0.6 is 0 Å². The molecule has 3 heteroatoms. The van der Waals surface area contributed by atoms with E-state index in [-0.39, 0.29) is 5.91 Å². The summed E-state index contributed by atoms with van der Waals surface area (Å²) in [5, 5.41) is 11.4. The summed E-state index contributed by atoms with van der Waals surface area (Å²) in [7, 11) is 0. The Morgan fingerprint density at radius 3 is 2.18 bits per heavy atom. The van der Waals surface area contributed by atoms with Gasteiger partial charge in [-0.05, 0) is 38.5 Å². The molecule has 2 N–H and O–H groups in total. The molecule has 0 aliphatic carbocycles. The molecule has 0 aliphatic rings. The van der Waals surface area contributed by atoms with Crippen LogP contribution in [-0.2, 0) is 4.79 Å². The zero-order valence-electron chi connectivity index (χ0n) is 11.1. The first kappa shape index (κ1) is 16.2. The molecule has 0 bridgehead atoms. The number of aliphatic hydroxyl groups excluding tert-OH is 1. The lowest BCUT2D eigenvalue weighted by molar-refractivity contribution is -0.118. The second kappa shape index (κ2) is 13.2. The molecule has 0 aromatic carbocycles. The number of nitrogens with one attached hydrogen (secondary N) is 1. The summed E-state index contributed by atoms with van der Waals surface area (Å²) in [6.45, 7) is 2.67. The van der Waals surface area contributed by atoms with E-state index in [9.17, 15) is 4.79 Å². The van der Waals surface area contributed by atoms with Gasteiger partial charge in [-0.15, -0.1) is 0 Å². The van der Waals surface area contributed by atoms with Gasteiger partial charge in [0.25, 0.3) is 0 Å². The maximum absolute atomic E-state index is 10.6. The van der Waals surface area contributed by atoms with Crippen molar-refractivity contribution < 1.29 is 9.90 Å². The Labute approximate surface area is 105 Å². The number of aliphatic hydroxyl groups is 1. The zero-order valence-corrected chi connectivity index (χ0v) is 11.1. The van der Waals surface area contributed by atoms with Crippen molar-refractivity contribution in [2.24, 2.45) is 0 Å². The lowest BCUT2D eigenvalue weighted by atomic mass is 10.1. The van der Waals surface area contributed by atoms with E-state index >= 15 is 0 Å². The highest BCUT2D eigenvalue weighted by Gasteiger charge is 1.90. The molecule has 0 saturated heterocycles. The van der Waals surface area contributed by atoms with Crippen molar-refractivity contribution in [3.63, 3.8) is 0 Å². The third kappa shape index (κ3) is 15.2. The highest BCUT2D eigenvalue weighted by atomic mass is 16.2. The number of carbonyl (C=O) groups is 1. The second-order valence-corrected chi connectivity index (χ2v) is 4.38. The third-order valence-electron chi connectivity index (χ3n) is 2.62. The van der Waals surface area contributed by atoms with Gasteiger partial charge < -0.3 is 10.4 Å². The number of amides is 1. The number of hydrogen-bond acceptors (Lipinski definition) is 2. The van der Waals surface area contributed by atoms with Crippen LogP contribution in [0.5, 0.6) is 0 Å². The van der Waals surface area contributed by atoms with E-state index in [1.54, 1.807) is 6.92 Å². The van der Waals surface area contributed by atoms with Gasteiger partial charge in [0.2, 0.25) is 5.91 Å². The lowest BCUT2D eigenvalue weighted by Gasteiger charge is -1.99. The standard InChI is InChI=1S/C14H27NO2/c1-14(17)15-12-10-8-6-4-2-3-5-7-9-11-13-16/h2,4,16H,3,5-13H2,1H3,(H,15,17)/b4-2-. The van der Waals surface area contributed by atoms with Crippen LogP contribution in [-0.4, -0.2) is 24.2 Å². The van der Waals surface area contributed by atoms with E-state index in [0.29, 0.717) is 6.61 Å². The van der Waals surface area contributed by atoms with Crippen molar-refractivity contribution >= 4 is 5.91 Å². The van der Waals surface area contributed by atoms with Crippen molar-refractivity contribution in [1.29, 1.82) is 0 Å². The third-order valence-corrected chi connectivity index (χ3v) is 2.62. The van der Waals surface area contributed by atoms with E-state index in [0.717, 1.165) is 45.1 Å². The van der Waals surface area contributed by atoms with Crippen LogP contribution in [0, 0.1) is 0 Å². The van der Waals surface area contributed by atoms with E-state index < -0.39 is 0 Å². The molecule has 0 atom stereocenters. The monoisotopic (exact) mass is 241 g/mol. The number of allylic oxidation sites excluding steroid dienone is 2. The van der Waals surface area contributed by atoms with Gasteiger partial charge in [-0.2, -0.15) is 0 Å². The van der Waals surface area contributed by atoms with Crippen LogP contribution in [0.2, 0.25) is 0 Å². The first-order valence-electron chi connectivity index (χ1n) is 6.77. The summed E-state index contributed by atoms with van der Waals surface area (Å²) in [6, 6.07) is 0. The van der Waals surface area contributed by atoms with E-state index in [1.807, 2.05) is 0 Å². The first-order chi connectivity index (χ1) is 8.27. The molecule has 1 amide bonds. The zero-order chi connectivity index (χ0) is 12.8. The van der Waals surface area contributed by atoms with Gasteiger partial charge in [0.15, 0.2) is 0 Å². The minimum Gasteiger partial charge on any atom is -0.396 e. The Morgan fingerprint density at radius 2 is 1.59 bits per heavy atom. The van der Waals surface area contributed by atoms with E-state index in [1.165, 1.54) is 12.8 Å². The molecule has 0 fully saturated rings. The second-order valence-electron chi connectivity index (χ2n) is 4.38. The summed E-state index contributed by atoms with van der Waals surface area (Å²) in [4.78, 5) is 10.6. The maximum Gasteiger partial charge on any atom is 0.216 e. The molecule has 0 rings (SSSR count). The van der Waals surface area contributed by atoms with E-state index in [2.05, 4.69) is 17.5 Å². The van der Waals surface area contributed by atoms with Crippen LogP contribution < -0.4 is 5.32 Å². The van der Waals surface area contributed by atoms with Gasteiger partial charge in [0.05, 0.1) is 0 Å². The average Bonchev–Trinajstić information content (AvgIpc) is 2.30.